The fraction of sp³-hybridized carbons (Fsp3) is 0.688. The van der Waals surface area contributed by atoms with E-state index >= 15 is 0 Å². The van der Waals surface area contributed by atoms with E-state index in [2.05, 4.69) is 17.2 Å². The van der Waals surface area contributed by atoms with E-state index in [4.69, 9.17) is 4.74 Å². The van der Waals surface area contributed by atoms with E-state index in [1.54, 1.807) is 0 Å². The Morgan fingerprint density at radius 2 is 2.00 bits per heavy atom. The highest BCUT2D eigenvalue weighted by Gasteiger charge is 2.55. The van der Waals surface area contributed by atoms with Gasteiger partial charge in [-0.1, -0.05) is 6.92 Å². The highest BCUT2D eigenvalue weighted by molar-refractivity contribution is 7.15. The number of carboxylic acids is 1. The SMILES string of the molecule is C[C@H]1CCc2nc(NC(=O)[C@H]3[C@@H](C(=O)O)[C@H]4CC[C@@H]3O4)sc2C1. The monoisotopic (exact) mass is 336 g/mol. The van der Waals surface area contributed by atoms with Gasteiger partial charge in [-0.2, -0.15) is 0 Å². The number of hydrogen-bond donors (Lipinski definition) is 2. The minimum absolute atomic E-state index is 0.260. The molecule has 0 spiro atoms. The fourth-order valence-electron chi connectivity index (χ4n) is 4.11. The number of rotatable bonds is 3. The number of nitrogens with zero attached hydrogens (tertiary/aromatic N) is 1. The molecule has 2 bridgehead atoms. The van der Waals surface area contributed by atoms with Gasteiger partial charge in [0.05, 0.1) is 29.7 Å². The Morgan fingerprint density at radius 3 is 2.74 bits per heavy atom. The maximum atomic E-state index is 12.6. The molecule has 2 saturated heterocycles. The first kappa shape index (κ1) is 15.1. The lowest BCUT2D eigenvalue weighted by Gasteiger charge is -2.23. The van der Waals surface area contributed by atoms with Crippen LogP contribution in [-0.2, 0) is 27.2 Å². The maximum absolute atomic E-state index is 12.6. The van der Waals surface area contributed by atoms with Crippen molar-refractivity contribution in [2.75, 3.05) is 5.32 Å². The van der Waals surface area contributed by atoms with Gasteiger partial charge in [-0.05, 0) is 38.0 Å². The number of anilines is 1. The maximum Gasteiger partial charge on any atom is 0.310 e. The van der Waals surface area contributed by atoms with Crippen LogP contribution in [-0.4, -0.2) is 34.2 Å². The largest absolute Gasteiger partial charge is 0.481 e. The zero-order valence-electron chi connectivity index (χ0n) is 12.9. The van der Waals surface area contributed by atoms with Gasteiger partial charge in [-0.25, -0.2) is 4.98 Å². The second-order valence-corrected chi connectivity index (χ2v) is 7.99. The number of aryl methyl sites for hydroxylation is 1. The predicted molar refractivity (Wildman–Crippen MR) is 84.4 cm³/mol. The van der Waals surface area contributed by atoms with E-state index in [0.29, 0.717) is 11.0 Å². The Labute approximate surface area is 138 Å². The van der Waals surface area contributed by atoms with Gasteiger partial charge in [0, 0.05) is 4.88 Å². The van der Waals surface area contributed by atoms with Crippen LogP contribution < -0.4 is 5.32 Å². The number of thiazole rings is 1. The lowest BCUT2D eigenvalue weighted by atomic mass is 9.79. The van der Waals surface area contributed by atoms with Crippen LogP contribution in [0.5, 0.6) is 0 Å². The highest BCUT2D eigenvalue weighted by Crippen LogP contribution is 2.44. The third-order valence-corrected chi connectivity index (χ3v) is 6.31. The van der Waals surface area contributed by atoms with E-state index in [-0.39, 0.29) is 18.1 Å². The van der Waals surface area contributed by atoms with Gasteiger partial charge >= 0.3 is 5.97 Å². The lowest BCUT2D eigenvalue weighted by molar-refractivity contribution is -0.147. The Bertz CT molecular complexity index is 659. The molecule has 7 heteroatoms. The van der Waals surface area contributed by atoms with E-state index in [9.17, 15) is 14.7 Å². The molecule has 0 aromatic carbocycles. The summed E-state index contributed by atoms with van der Waals surface area (Å²) in [6.07, 6.45) is 4.00. The molecule has 0 saturated carbocycles. The molecular weight excluding hydrogens is 316 g/mol. The number of aromatic nitrogens is 1. The van der Waals surface area contributed by atoms with Gasteiger partial charge < -0.3 is 15.2 Å². The first-order valence-corrected chi connectivity index (χ1v) is 9.02. The summed E-state index contributed by atoms with van der Waals surface area (Å²) in [5, 5.41) is 12.9. The molecule has 1 aromatic heterocycles. The minimum Gasteiger partial charge on any atom is -0.481 e. The van der Waals surface area contributed by atoms with E-state index in [1.807, 2.05) is 0 Å². The first-order valence-electron chi connectivity index (χ1n) is 8.20. The van der Waals surface area contributed by atoms with Gasteiger partial charge in [0.2, 0.25) is 5.91 Å². The Balaban J connectivity index is 1.51. The third kappa shape index (κ3) is 2.55. The van der Waals surface area contributed by atoms with Crippen LogP contribution in [0.1, 0.15) is 36.8 Å². The fourth-order valence-corrected chi connectivity index (χ4v) is 5.28. The van der Waals surface area contributed by atoms with Crippen LogP contribution in [0.25, 0.3) is 0 Å². The summed E-state index contributed by atoms with van der Waals surface area (Å²) in [4.78, 5) is 29.9. The molecule has 5 atom stereocenters. The predicted octanol–water partition coefficient (Wildman–Crippen LogP) is 2.08. The molecule has 1 aliphatic carbocycles. The van der Waals surface area contributed by atoms with Crippen LogP contribution in [0.3, 0.4) is 0 Å². The summed E-state index contributed by atoms with van der Waals surface area (Å²) >= 11 is 1.52. The van der Waals surface area contributed by atoms with Crippen LogP contribution in [0.4, 0.5) is 5.13 Å². The van der Waals surface area contributed by atoms with Crippen molar-refractivity contribution in [1.82, 2.24) is 4.98 Å². The molecule has 3 heterocycles. The second kappa shape index (κ2) is 5.56. The summed E-state index contributed by atoms with van der Waals surface area (Å²) in [5.74, 6) is -1.88. The van der Waals surface area contributed by atoms with Crippen molar-refractivity contribution in [1.29, 1.82) is 0 Å². The van der Waals surface area contributed by atoms with Crippen molar-refractivity contribution in [2.24, 2.45) is 17.8 Å². The Kier molecular flexibility index (Phi) is 3.65. The van der Waals surface area contributed by atoms with Gasteiger partial charge in [0.1, 0.15) is 0 Å². The molecule has 4 rings (SSSR count). The number of carbonyl (C=O) groups excluding carboxylic acids is 1. The van der Waals surface area contributed by atoms with Gasteiger partial charge in [0.25, 0.3) is 0 Å². The number of fused-ring (bicyclic) bond motifs is 3. The number of aliphatic carboxylic acids is 1. The van der Waals surface area contributed by atoms with Crippen LogP contribution in [0.15, 0.2) is 0 Å². The van der Waals surface area contributed by atoms with E-state index in [0.717, 1.165) is 37.8 Å². The van der Waals surface area contributed by atoms with Crippen molar-refractivity contribution in [3.8, 4) is 0 Å². The van der Waals surface area contributed by atoms with Crippen molar-refractivity contribution in [2.45, 2.75) is 51.2 Å². The Hall–Kier alpha value is -1.47. The molecule has 1 aromatic rings. The molecule has 2 aliphatic heterocycles. The summed E-state index contributed by atoms with van der Waals surface area (Å²) < 4.78 is 5.65. The standard InChI is InChI=1S/C16H20N2O4S/c1-7-2-3-8-11(6-7)23-16(17-8)18-14(19)12-9-4-5-10(22-9)13(12)15(20)21/h7,9-10,12-13H,2-6H2,1H3,(H,20,21)(H,17,18,19)/t7-,9-,10+,12+,13-/m0/s1. The number of ether oxygens (including phenoxy) is 1. The number of carbonyl (C=O) groups is 2. The van der Waals surface area contributed by atoms with E-state index < -0.39 is 17.8 Å². The minimum atomic E-state index is -0.940. The molecule has 6 nitrogen and oxygen atoms in total. The topological polar surface area (TPSA) is 88.5 Å². The lowest BCUT2D eigenvalue weighted by Crippen LogP contribution is -2.40. The molecule has 2 N–H and O–H groups in total. The van der Waals surface area contributed by atoms with Crippen molar-refractivity contribution in [3.05, 3.63) is 10.6 Å². The number of nitrogens with one attached hydrogen (secondary N) is 1. The molecule has 0 radical (unpaired) electrons. The van der Waals surface area contributed by atoms with Crippen LogP contribution >= 0.6 is 11.3 Å². The van der Waals surface area contributed by atoms with Crippen molar-refractivity contribution < 1.29 is 19.4 Å². The number of amides is 1. The summed E-state index contributed by atoms with van der Waals surface area (Å²) in [7, 11) is 0. The van der Waals surface area contributed by atoms with Gasteiger partial charge in [0.15, 0.2) is 5.13 Å². The quantitative estimate of drug-likeness (QED) is 0.882. The molecular formula is C16H20N2O4S. The molecule has 23 heavy (non-hydrogen) atoms. The zero-order valence-corrected chi connectivity index (χ0v) is 13.8. The number of hydrogen-bond acceptors (Lipinski definition) is 5. The van der Waals surface area contributed by atoms with Gasteiger partial charge in [-0.15, -0.1) is 11.3 Å². The molecule has 3 aliphatic rings. The summed E-state index contributed by atoms with van der Waals surface area (Å²) in [6, 6.07) is 0. The average molecular weight is 336 g/mol. The van der Waals surface area contributed by atoms with Crippen LogP contribution in [0.2, 0.25) is 0 Å². The molecule has 124 valence electrons. The van der Waals surface area contributed by atoms with Crippen molar-refractivity contribution in [3.63, 3.8) is 0 Å². The second-order valence-electron chi connectivity index (χ2n) is 6.91. The number of carboxylic acid groups (broad SMARTS) is 1. The summed E-state index contributed by atoms with van der Waals surface area (Å²) in [5.41, 5.74) is 1.09. The van der Waals surface area contributed by atoms with E-state index in [1.165, 1.54) is 16.2 Å². The third-order valence-electron chi connectivity index (χ3n) is 5.28. The Morgan fingerprint density at radius 1 is 1.26 bits per heavy atom. The van der Waals surface area contributed by atoms with Crippen molar-refractivity contribution >= 4 is 28.3 Å². The normalized spacial score (nSPS) is 35.1. The highest BCUT2D eigenvalue weighted by atomic mass is 32.1. The first-order chi connectivity index (χ1) is 11.0. The van der Waals surface area contributed by atoms with Gasteiger partial charge in [-0.3, -0.25) is 9.59 Å². The smallest absolute Gasteiger partial charge is 0.310 e. The molecule has 2 fully saturated rings. The zero-order chi connectivity index (χ0) is 16.1. The molecule has 0 unspecified atom stereocenters. The van der Waals surface area contributed by atoms with Crippen LogP contribution in [0, 0.1) is 17.8 Å². The summed E-state index contributed by atoms with van der Waals surface area (Å²) in [6.45, 7) is 2.23. The average Bonchev–Trinajstić information content (AvgIpc) is 3.18. The molecule has 1 amide bonds.